The van der Waals surface area contributed by atoms with Crippen LogP contribution in [0.25, 0.3) is 0 Å². The van der Waals surface area contributed by atoms with Gasteiger partial charge >= 0.3 is 111 Å². The summed E-state index contributed by atoms with van der Waals surface area (Å²) in [7, 11) is 0. The van der Waals surface area contributed by atoms with Crippen LogP contribution in [0.3, 0.4) is 0 Å². The molecule has 0 fully saturated rings. The van der Waals surface area contributed by atoms with Gasteiger partial charge in [0.1, 0.15) is 0 Å². The summed E-state index contributed by atoms with van der Waals surface area (Å²) in [5.41, 5.74) is 0. The van der Waals surface area contributed by atoms with Gasteiger partial charge in [0.25, 0.3) is 0 Å². The molecule has 4 heteroatoms. The first-order valence-electron chi connectivity index (χ1n) is 5.51. The molecule has 0 amide bonds. The number of rotatable bonds is 12. The fourth-order valence-corrected chi connectivity index (χ4v) is 1.52. The Morgan fingerprint density at radius 2 is 1.62 bits per heavy atom. The SMILES string of the molecule is C=CCOCC(CCC[O][Ti])COCC=C. The second kappa shape index (κ2) is 13.1. The van der Waals surface area contributed by atoms with Crippen LogP contribution in [0.4, 0.5) is 0 Å². The van der Waals surface area contributed by atoms with E-state index in [0.717, 1.165) is 19.4 Å². The van der Waals surface area contributed by atoms with Gasteiger partial charge in [-0.2, -0.15) is 0 Å². The van der Waals surface area contributed by atoms with E-state index in [0.29, 0.717) is 32.3 Å². The molecule has 0 aromatic heterocycles. The molecule has 0 saturated heterocycles. The van der Waals surface area contributed by atoms with Crippen molar-refractivity contribution in [3.05, 3.63) is 25.3 Å². The Bertz CT molecular complexity index is 160. The first kappa shape index (κ1) is 16.1. The summed E-state index contributed by atoms with van der Waals surface area (Å²) in [4.78, 5) is 0. The second-order valence-corrected chi connectivity index (χ2v) is 3.96. The van der Waals surface area contributed by atoms with Crippen molar-refractivity contribution in [3.8, 4) is 0 Å². The van der Waals surface area contributed by atoms with Gasteiger partial charge in [0.05, 0.1) is 0 Å². The Labute approximate surface area is 111 Å². The van der Waals surface area contributed by atoms with Crippen molar-refractivity contribution < 1.29 is 33.6 Å². The van der Waals surface area contributed by atoms with Gasteiger partial charge in [-0.05, 0) is 0 Å². The van der Waals surface area contributed by atoms with Crippen molar-refractivity contribution in [1.82, 2.24) is 0 Å². The first-order valence-corrected chi connectivity index (χ1v) is 6.14. The standard InChI is InChI=1S/C12H21O3.Ti/c1-3-8-14-10-12(6-5-7-13)11-15-9-4-2;/h3-4,12H,1-2,5-11H2;/q-1;+1. The molecule has 91 valence electrons. The molecule has 0 rings (SSSR count). The van der Waals surface area contributed by atoms with E-state index in [1.165, 1.54) is 0 Å². The first-order chi connectivity index (χ1) is 7.85. The topological polar surface area (TPSA) is 27.7 Å². The van der Waals surface area contributed by atoms with Gasteiger partial charge in [-0.25, -0.2) is 0 Å². The van der Waals surface area contributed by atoms with Gasteiger partial charge in [-0.1, -0.05) is 0 Å². The van der Waals surface area contributed by atoms with Crippen molar-refractivity contribution >= 4 is 0 Å². The van der Waals surface area contributed by atoms with E-state index in [1.807, 2.05) is 0 Å². The molecule has 0 spiro atoms. The Morgan fingerprint density at radius 1 is 1.06 bits per heavy atom. The van der Waals surface area contributed by atoms with Crippen LogP contribution in [0.1, 0.15) is 12.8 Å². The summed E-state index contributed by atoms with van der Waals surface area (Å²) >= 11 is 1.72. The second-order valence-electron chi connectivity index (χ2n) is 3.51. The van der Waals surface area contributed by atoms with Crippen molar-refractivity contribution in [1.29, 1.82) is 0 Å². The molecule has 0 heterocycles. The van der Waals surface area contributed by atoms with Crippen molar-refractivity contribution in [2.45, 2.75) is 12.8 Å². The van der Waals surface area contributed by atoms with E-state index in [1.54, 1.807) is 33.0 Å². The van der Waals surface area contributed by atoms with E-state index in [-0.39, 0.29) is 0 Å². The summed E-state index contributed by atoms with van der Waals surface area (Å²) in [5.74, 6) is 0.426. The van der Waals surface area contributed by atoms with Crippen molar-refractivity contribution in [3.63, 3.8) is 0 Å². The van der Waals surface area contributed by atoms with Crippen molar-refractivity contribution in [2.24, 2.45) is 5.92 Å². The fourth-order valence-electron chi connectivity index (χ4n) is 1.30. The Morgan fingerprint density at radius 3 is 2.06 bits per heavy atom. The summed E-state index contributed by atoms with van der Waals surface area (Å²) in [6.45, 7) is 10.7. The predicted octanol–water partition coefficient (Wildman–Crippen LogP) is 2.27. The summed E-state index contributed by atoms with van der Waals surface area (Å²) in [6.07, 6.45) is 5.62. The summed E-state index contributed by atoms with van der Waals surface area (Å²) in [5, 5.41) is 0. The van der Waals surface area contributed by atoms with E-state index in [2.05, 4.69) is 13.2 Å². The average Bonchev–Trinajstić information content (AvgIpc) is 2.29. The van der Waals surface area contributed by atoms with Crippen LogP contribution < -0.4 is 0 Å². The van der Waals surface area contributed by atoms with Gasteiger partial charge < -0.3 is 0 Å². The van der Waals surface area contributed by atoms with Crippen LogP contribution in [0, 0.1) is 5.92 Å². The zero-order valence-electron chi connectivity index (χ0n) is 9.82. The van der Waals surface area contributed by atoms with Gasteiger partial charge in [0.15, 0.2) is 0 Å². The molecule has 0 radical (unpaired) electrons. The van der Waals surface area contributed by atoms with Gasteiger partial charge in [-0.15, -0.1) is 0 Å². The molecule has 0 aliphatic heterocycles. The molecular formula is C12H21O3Ti. The molecule has 3 nitrogen and oxygen atoms in total. The minimum absolute atomic E-state index is 0.426. The Kier molecular flexibility index (Phi) is 13.2. The zero-order chi connectivity index (χ0) is 12.1. The molecule has 0 aromatic rings. The van der Waals surface area contributed by atoms with Crippen LogP contribution in [-0.2, 0) is 33.6 Å². The predicted molar refractivity (Wildman–Crippen MR) is 60.7 cm³/mol. The maximum atomic E-state index is 5.44. The molecule has 0 unspecified atom stereocenters. The quantitative estimate of drug-likeness (QED) is 0.306. The molecule has 0 aromatic carbocycles. The van der Waals surface area contributed by atoms with Gasteiger partial charge in [0, 0.05) is 0 Å². The van der Waals surface area contributed by atoms with Crippen molar-refractivity contribution in [2.75, 3.05) is 33.0 Å². The molecule has 0 aliphatic rings. The third kappa shape index (κ3) is 10.6. The Balaban J connectivity index is 3.65. The average molecular weight is 261 g/mol. The van der Waals surface area contributed by atoms with Crippen LogP contribution >= 0.6 is 0 Å². The molecule has 0 bridgehead atoms. The molecule has 0 aliphatic carbocycles. The normalized spacial score (nSPS) is 10.5. The molecule has 16 heavy (non-hydrogen) atoms. The van der Waals surface area contributed by atoms with E-state index in [9.17, 15) is 0 Å². The van der Waals surface area contributed by atoms with E-state index >= 15 is 0 Å². The fraction of sp³-hybridized carbons (Fsp3) is 0.667. The van der Waals surface area contributed by atoms with Crippen LogP contribution in [-0.4, -0.2) is 33.0 Å². The number of ether oxygens (including phenoxy) is 2. The van der Waals surface area contributed by atoms with Crippen LogP contribution in [0.2, 0.25) is 0 Å². The third-order valence-corrected chi connectivity index (χ3v) is 2.36. The molecule has 0 N–H and O–H groups in total. The Hall–Kier alpha value is 0.0743. The minimum atomic E-state index is 0.426. The third-order valence-electron chi connectivity index (χ3n) is 2.04. The summed E-state index contributed by atoms with van der Waals surface area (Å²) in [6, 6.07) is 0. The summed E-state index contributed by atoms with van der Waals surface area (Å²) < 4.78 is 15.9. The number of hydrogen-bond acceptors (Lipinski definition) is 3. The number of hydrogen-bond donors (Lipinski definition) is 0. The monoisotopic (exact) mass is 261 g/mol. The van der Waals surface area contributed by atoms with Crippen LogP contribution in [0.5, 0.6) is 0 Å². The molecule has 0 saturated carbocycles. The van der Waals surface area contributed by atoms with Gasteiger partial charge in [0.2, 0.25) is 0 Å². The van der Waals surface area contributed by atoms with Crippen LogP contribution in [0.15, 0.2) is 25.3 Å². The maximum absolute atomic E-state index is 5.44. The van der Waals surface area contributed by atoms with Gasteiger partial charge in [-0.3, -0.25) is 0 Å². The zero-order valence-corrected chi connectivity index (χ0v) is 11.4. The van der Waals surface area contributed by atoms with E-state index < -0.39 is 0 Å². The molecular weight excluding hydrogens is 240 g/mol. The van der Waals surface area contributed by atoms with E-state index in [4.69, 9.17) is 12.8 Å². The molecule has 0 atom stereocenters.